The number of aryl methyl sites for hydroxylation is 2. The fraction of sp³-hybridized carbons (Fsp3) is 0.333. The van der Waals surface area contributed by atoms with Crippen LogP contribution in [0.25, 0.3) is 0 Å². The van der Waals surface area contributed by atoms with E-state index in [9.17, 15) is 0 Å². The molecular weight excluding hydrogens is 200 g/mol. The zero-order valence-electron chi connectivity index (χ0n) is 9.59. The van der Waals surface area contributed by atoms with Gasteiger partial charge < -0.3 is 10.3 Å². The van der Waals surface area contributed by atoms with Gasteiger partial charge in [-0.15, -0.1) is 0 Å². The number of imidazole rings is 1. The molecule has 4 nitrogen and oxygen atoms in total. The fourth-order valence-electron chi connectivity index (χ4n) is 1.78. The number of hydrogen-bond acceptors (Lipinski definition) is 3. The maximum Gasteiger partial charge on any atom is 0.130 e. The van der Waals surface area contributed by atoms with Crippen molar-refractivity contribution in [1.82, 2.24) is 14.5 Å². The molecule has 0 fully saturated rings. The maximum atomic E-state index is 6.19. The highest BCUT2D eigenvalue weighted by Gasteiger charge is 2.14. The molecule has 2 rings (SSSR count). The topological polar surface area (TPSA) is 56.7 Å². The Morgan fingerprint density at radius 3 is 2.88 bits per heavy atom. The van der Waals surface area contributed by atoms with Crippen molar-refractivity contribution in [3.05, 3.63) is 47.8 Å². The molecule has 0 aliphatic rings. The van der Waals surface area contributed by atoms with Gasteiger partial charge in [0.15, 0.2) is 0 Å². The van der Waals surface area contributed by atoms with Crippen LogP contribution in [0, 0.1) is 6.92 Å². The molecule has 0 aliphatic carbocycles. The highest BCUT2D eigenvalue weighted by molar-refractivity contribution is 5.24. The first kappa shape index (κ1) is 10.8. The highest BCUT2D eigenvalue weighted by Crippen LogP contribution is 2.18. The Morgan fingerprint density at radius 1 is 1.38 bits per heavy atom. The minimum Gasteiger partial charge on any atom is -0.334 e. The molecule has 0 aromatic carbocycles. The summed E-state index contributed by atoms with van der Waals surface area (Å²) in [5.41, 5.74) is 8.22. The molecule has 0 saturated carbocycles. The number of hydrogen-bond donors (Lipinski definition) is 1. The number of nitrogens with zero attached hydrogens (tertiary/aromatic N) is 3. The summed E-state index contributed by atoms with van der Waals surface area (Å²) < 4.78 is 2.06. The summed E-state index contributed by atoms with van der Waals surface area (Å²) in [6.45, 7) is 4.92. The molecule has 0 spiro atoms. The summed E-state index contributed by atoms with van der Waals surface area (Å²) in [6.07, 6.45) is 5.51. The molecule has 0 amide bonds. The van der Waals surface area contributed by atoms with Gasteiger partial charge in [0.05, 0.1) is 6.04 Å². The van der Waals surface area contributed by atoms with Crippen molar-refractivity contribution in [2.45, 2.75) is 26.4 Å². The third-order valence-corrected chi connectivity index (χ3v) is 2.65. The first-order chi connectivity index (χ1) is 7.72. The molecule has 2 heterocycles. The Labute approximate surface area is 95.1 Å². The molecule has 0 saturated heterocycles. The van der Waals surface area contributed by atoms with Crippen molar-refractivity contribution in [2.24, 2.45) is 5.73 Å². The van der Waals surface area contributed by atoms with E-state index < -0.39 is 0 Å². The molecule has 0 bridgehead atoms. The van der Waals surface area contributed by atoms with Crippen LogP contribution in [0.2, 0.25) is 0 Å². The first-order valence-corrected chi connectivity index (χ1v) is 5.41. The van der Waals surface area contributed by atoms with Crippen LogP contribution in [0.3, 0.4) is 0 Å². The van der Waals surface area contributed by atoms with Crippen LogP contribution in [0.1, 0.15) is 30.0 Å². The lowest BCUT2D eigenvalue weighted by Gasteiger charge is -2.13. The van der Waals surface area contributed by atoms with E-state index in [1.165, 1.54) is 0 Å². The van der Waals surface area contributed by atoms with Gasteiger partial charge in [0.2, 0.25) is 0 Å². The summed E-state index contributed by atoms with van der Waals surface area (Å²) >= 11 is 0. The van der Waals surface area contributed by atoms with Gasteiger partial charge >= 0.3 is 0 Å². The number of nitrogens with two attached hydrogens (primary N) is 1. The first-order valence-electron chi connectivity index (χ1n) is 5.41. The number of aromatic nitrogens is 3. The van der Waals surface area contributed by atoms with Crippen LogP contribution in [-0.4, -0.2) is 14.5 Å². The summed E-state index contributed by atoms with van der Waals surface area (Å²) in [5.74, 6) is 0.896. The zero-order valence-corrected chi connectivity index (χ0v) is 9.59. The second-order valence-electron chi connectivity index (χ2n) is 3.78. The SMILES string of the molecule is CCn1ccnc1C(N)c1ccnc(C)c1. The minimum absolute atomic E-state index is 0.184. The second kappa shape index (κ2) is 4.45. The predicted octanol–water partition coefficient (Wildman–Crippen LogP) is 1.65. The third-order valence-electron chi connectivity index (χ3n) is 2.65. The zero-order chi connectivity index (χ0) is 11.5. The van der Waals surface area contributed by atoms with Crippen molar-refractivity contribution in [2.75, 3.05) is 0 Å². The molecular formula is C12H16N4. The van der Waals surface area contributed by atoms with E-state index >= 15 is 0 Å². The summed E-state index contributed by atoms with van der Waals surface area (Å²) in [5, 5.41) is 0. The molecule has 1 atom stereocenters. The second-order valence-corrected chi connectivity index (χ2v) is 3.78. The summed E-state index contributed by atoms with van der Waals surface area (Å²) in [7, 11) is 0. The van der Waals surface area contributed by atoms with E-state index in [1.54, 1.807) is 12.4 Å². The van der Waals surface area contributed by atoms with Gasteiger partial charge in [0, 0.05) is 30.8 Å². The van der Waals surface area contributed by atoms with Gasteiger partial charge in [-0.3, -0.25) is 4.98 Å². The summed E-state index contributed by atoms with van der Waals surface area (Å²) in [6, 6.07) is 3.75. The van der Waals surface area contributed by atoms with Gasteiger partial charge in [-0.1, -0.05) is 0 Å². The molecule has 2 aromatic rings. The molecule has 1 unspecified atom stereocenters. The average Bonchev–Trinajstić information content (AvgIpc) is 2.76. The van der Waals surface area contributed by atoms with Crippen molar-refractivity contribution >= 4 is 0 Å². The lowest BCUT2D eigenvalue weighted by Crippen LogP contribution is -2.17. The van der Waals surface area contributed by atoms with Gasteiger partial charge in [-0.05, 0) is 31.5 Å². The molecule has 2 N–H and O–H groups in total. The monoisotopic (exact) mass is 216 g/mol. The van der Waals surface area contributed by atoms with Crippen molar-refractivity contribution < 1.29 is 0 Å². The van der Waals surface area contributed by atoms with E-state index in [0.717, 1.165) is 23.6 Å². The van der Waals surface area contributed by atoms with Crippen LogP contribution in [0.4, 0.5) is 0 Å². The van der Waals surface area contributed by atoms with E-state index in [-0.39, 0.29) is 6.04 Å². The predicted molar refractivity (Wildman–Crippen MR) is 62.9 cm³/mol. The largest absolute Gasteiger partial charge is 0.334 e. The Morgan fingerprint density at radius 2 is 2.19 bits per heavy atom. The standard InChI is InChI=1S/C12H16N4/c1-3-16-7-6-15-12(16)11(13)10-4-5-14-9(2)8-10/h4-8,11H,3,13H2,1-2H3. The fourth-order valence-corrected chi connectivity index (χ4v) is 1.78. The van der Waals surface area contributed by atoms with Crippen molar-refractivity contribution in [1.29, 1.82) is 0 Å². The Balaban J connectivity index is 2.35. The quantitative estimate of drug-likeness (QED) is 0.848. The molecule has 0 radical (unpaired) electrons. The lowest BCUT2D eigenvalue weighted by molar-refractivity contribution is 0.656. The van der Waals surface area contributed by atoms with Gasteiger partial charge in [0.25, 0.3) is 0 Å². The van der Waals surface area contributed by atoms with Crippen LogP contribution in [0.5, 0.6) is 0 Å². The number of pyridine rings is 1. The Hall–Kier alpha value is -1.68. The van der Waals surface area contributed by atoms with E-state index in [1.807, 2.05) is 25.3 Å². The van der Waals surface area contributed by atoms with E-state index in [2.05, 4.69) is 21.5 Å². The molecule has 2 aromatic heterocycles. The highest BCUT2D eigenvalue weighted by atomic mass is 15.1. The molecule has 4 heteroatoms. The Kier molecular flexibility index (Phi) is 3.01. The van der Waals surface area contributed by atoms with Crippen LogP contribution in [0.15, 0.2) is 30.7 Å². The van der Waals surface area contributed by atoms with Crippen LogP contribution in [-0.2, 0) is 6.54 Å². The Bertz CT molecular complexity index is 475. The van der Waals surface area contributed by atoms with Crippen LogP contribution >= 0.6 is 0 Å². The van der Waals surface area contributed by atoms with Gasteiger partial charge in [-0.2, -0.15) is 0 Å². The minimum atomic E-state index is -0.184. The summed E-state index contributed by atoms with van der Waals surface area (Å²) in [4.78, 5) is 8.47. The van der Waals surface area contributed by atoms with Crippen molar-refractivity contribution in [3.8, 4) is 0 Å². The molecule has 0 aliphatic heterocycles. The third kappa shape index (κ3) is 1.97. The van der Waals surface area contributed by atoms with E-state index in [0.29, 0.717) is 0 Å². The van der Waals surface area contributed by atoms with Gasteiger partial charge in [-0.25, -0.2) is 4.98 Å². The normalized spacial score (nSPS) is 12.7. The maximum absolute atomic E-state index is 6.19. The molecule has 84 valence electrons. The van der Waals surface area contributed by atoms with E-state index in [4.69, 9.17) is 5.73 Å². The van der Waals surface area contributed by atoms with Gasteiger partial charge in [0.1, 0.15) is 5.82 Å². The van der Waals surface area contributed by atoms with Crippen molar-refractivity contribution in [3.63, 3.8) is 0 Å². The molecule has 16 heavy (non-hydrogen) atoms. The lowest BCUT2D eigenvalue weighted by atomic mass is 10.1. The smallest absolute Gasteiger partial charge is 0.130 e. The van der Waals surface area contributed by atoms with Crippen LogP contribution < -0.4 is 5.73 Å². The average molecular weight is 216 g/mol. The number of rotatable bonds is 3.